The van der Waals surface area contributed by atoms with Gasteiger partial charge in [0.25, 0.3) is 5.91 Å². The number of carbonyl (C=O) groups excluding carboxylic acids is 2. The standard InChI is InChI=1S/C29H30N2O3/c1-18-7-11-23(12-8-18)17-30-22(5)27(29(33)34-6)26(28(30)32)16-24-15-20(3)31(21(24)4)25-13-9-19(2)10-14-25/h7-16H,17H2,1-6H3/b26-16-. The number of esters is 1. The van der Waals surface area contributed by atoms with Crippen molar-refractivity contribution in [1.29, 1.82) is 0 Å². The van der Waals surface area contributed by atoms with Crippen molar-refractivity contribution in [2.45, 2.75) is 41.2 Å². The third-order valence-corrected chi connectivity index (χ3v) is 6.42. The van der Waals surface area contributed by atoms with E-state index in [4.69, 9.17) is 4.74 Å². The van der Waals surface area contributed by atoms with Gasteiger partial charge in [-0.2, -0.15) is 0 Å². The molecule has 0 unspecified atom stereocenters. The number of aromatic nitrogens is 1. The Kier molecular flexibility index (Phi) is 6.29. The zero-order valence-corrected chi connectivity index (χ0v) is 20.6. The van der Waals surface area contributed by atoms with Crippen molar-refractivity contribution in [3.8, 4) is 5.69 Å². The Balaban J connectivity index is 1.77. The molecule has 0 atom stereocenters. The minimum absolute atomic E-state index is 0.196. The number of methoxy groups -OCH3 is 1. The third kappa shape index (κ3) is 4.21. The smallest absolute Gasteiger partial charge is 0.340 e. The van der Waals surface area contributed by atoms with Gasteiger partial charge >= 0.3 is 5.97 Å². The minimum Gasteiger partial charge on any atom is -0.465 e. The fourth-order valence-corrected chi connectivity index (χ4v) is 4.47. The lowest BCUT2D eigenvalue weighted by Gasteiger charge is -2.18. The summed E-state index contributed by atoms with van der Waals surface area (Å²) in [5.74, 6) is -0.700. The van der Waals surface area contributed by atoms with Crippen molar-refractivity contribution in [2.24, 2.45) is 0 Å². The highest BCUT2D eigenvalue weighted by Gasteiger charge is 2.37. The number of rotatable bonds is 5. The van der Waals surface area contributed by atoms with Crippen LogP contribution in [0.25, 0.3) is 11.8 Å². The van der Waals surface area contributed by atoms with Gasteiger partial charge in [0.05, 0.1) is 24.8 Å². The molecule has 0 saturated heterocycles. The molecule has 0 spiro atoms. The predicted molar refractivity (Wildman–Crippen MR) is 134 cm³/mol. The Hall–Kier alpha value is -3.86. The fraction of sp³-hybridized carbons (Fsp3) is 0.241. The van der Waals surface area contributed by atoms with E-state index in [1.165, 1.54) is 12.7 Å². The molecule has 0 aliphatic carbocycles. The molecule has 2 aromatic carbocycles. The largest absolute Gasteiger partial charge is 0.465 e. The Morgan fingerprint density at radius 1 is 0.912 bits per heavy atom. The SMILES string of the molecule is COC(=O)C1=C(C)N(Cc2ccc(C)cc2)C(=O)/C1=C\c1cc(C)n(-c2ccc(C)cc2)c1C. The van der Waals surface area contributed by atoms with E-state index in [9.17, 15) is 9.59 Å². The van der Waals surface area contributed by atoms with E-state index in [0.29, 0.717) is 23.4 Å². The molecule has 0 N–H and O–H groups in total. The van der Waals surface area contributed by atoms with E-state index in [0.717, 1.165) is 33.8 Å². The fourth-order valence-electron chi connectivity index (χ4n) is 4.47. The van der Waals surface area contributed by atoms with Gasteiger partial charge in [-0.3, -0.25) is 4.79 Å². The number of amides is 1. The summed E-state index contributed by atoms with van der Waals surface area (Å²) in [5, 5.41) is 0. The summed E-state index contributed by atoms with van der Waals surface area (Å²) >= 11 is 0. The van der Waals surface area contributed by atoms with Gasteiger partial charge in [-0.25, -0.2) is 4.79 Å². The van der Waals surface area contributed by atoms with Crippen LogP contribution in [0.4, 0.5) is 0 Å². The maximum atomic E-state index is 13.5. The first-order chi connectivity index (χ1) is 16.2. The number of ether oxygens (including phenoxy) is 1. The molecule has 0 bridgehead atoms. The maximum absolute atomic E-state index is 13.5. The van der Waals surface area contributed by atoms with Crippen LogP contribution in [-0.2, 0) is 20.9 Å². The van der Waals surface area contributed by atoms with Crippen LogP contribution in [-0.4, -0.2) is 28.5 Å². The third-order valence-electron chi connectivity index (χ3n) is 6.42. The van der Waals surface area contributed by atoms with Gasteiger partial charge in [0, 0.05) is 22.8 Å². The number of aryl methyl sites for hydroxylation is 3. The first-order valence-electron chi connectivity index (χ1n) is 11.4. The highest BCUT2D eigenvalue weighted by molar-refractivity contribution is 6.16. The average molecular weight is 455 g/mol. The number of hydrogen-bond donors (Lipinski definition) is 0. The summed E-state index contributed by atoms with van der Waals surface area (Å²) < 4.78 is 7.21. The topological polar surface area (TPSA) is 51.5 Å². The number of carbonyl (C=O) groups is 2. The molecule has 0 radical (unpaired) electrons. The molecule has 0 saturated carbocycles. The first-order valence-corrected chi connectivity index (χ1v) is 11.4. The highest BCUT2D eigenvalue weighted by Crippen LogP contribution is 2.34. The summed E-state index contributed by atoms with van der Waals surface area (Å²) in [6.45, 7) is 10.3. The Morgan fingerprint density at radius 3 is 2.09 bits per heavy atom. The Labute approximate surface area is 201 Å². The molecule has 0 fully saturated rings. The molecule has 5 nitrogen and oxygen atoms in total. The van der Waals surface area contributed by atoms with E-state index in [2.05, 4.69) is 35.8 Å². The zero-order valence-electron chi connectivity index (χ0n) is 20.6. The Bertz CT molecular complexity index is 1320. The lowest BCUT2D eigenvalue weighted by molar-refractivity contribution is -0.136. The van der Waals surface area contributed by atoms with Gasteiger partial charge in [-0.1, -0.05) is 47.5 Å². The molecule has 1 aliphatic rings. The first kappa shape index (κ1) is 23.3. The second-order valence-corrected chi connectivity index (χ2v) is 8.88. The molecular formula is C29H30N2O3. The van der Waals surface area contributed by atoms with Gasteiger partial charge in [0.15, 0.2) is 0 Å². The van der Waals surface area contributed by atoms with Crippen LogP contribution in [0.5, 0.6) is 0 Å². The van der Waals surface area contributed by atoms with Gasteiger partial charge in [-0.15, -0.1) is 0 Å². The molecule has 1 amide bonds. The molecule has 2 heterocycles. The molecular weight excluding hydrogens is 424 g/mol. The van der Waals surface area contributed by atoms with Crippen LogP contribution in [0.2, 0.25) is 0 Å². The second-order valence-electron chi connectivity index (χ2n) is 8.88. The van der Waals surface area contributed by atoms with Crippen LogP contribution >= 0.6 is 0 Å². The van der Waals surface area contributed by atoms with Crippen molar-refractivity contribution < 1.29 is 14.3 Å². The predicted octanol–water partition coefficient (Wildman–Crippen LogP) is 5.58. The molecule has 174 valence electrons. The van der Waals surface area contributed by atoms with Crippen molar-refractivity contribution in [3.63, 3.8) is 0 Å². The van der Waals surface area contributed by atoms with Gasteiger partial charge in [0.1, 0.15) is 0 Å². The molecule has 3 aromatic rings. The average Bonchev–Trinajstić information content (AvgIpc) is 3.22. The highest BCUT2D eigenvalue weighted by atomic mass is 16.5. The minimum atomic E-state index is -0.504. The van der Waals surface area contributed by atoms with Crippen LogP contribution < -0.4 is 0 Å². The van der Waals surface area contributed by atoms with E-state index < -0.39 is 5.97 Å². The number of nitrogens with zero attached hydrogens (tertiary/aromatic N) is 2. The van der Waals surface area contributed by atoms with Crippen molar-refractivity contribution in [3.05, 3.63) is 105 Å². The molecule has 5 heteroatoms. The van der Waals surface area contributed by atoms with Gasteiger partial charge < -0.3 is 14.2 Å². The summed E-state index contributed by atoms with van der Waals surface area (Å²) in [6.07, 6.45) is 1.82. The Morgan fingerprint density at radius 2 is 1.50 bits per heavy atom. The van der Waals surface area contributed by atoms with Crippen molar-refractivity contribution >= 4 is 18.0 Å². The summed E-state index contributed by atoms with van der Waals surface area (Å²) in [6, 6.07) is 18.4. The number of allylic oxidation sites excluding steroid dienone is 1. The quantitative estimate of drug-likeness (QED) is 0.373. The number of benzene rings is 2. The molecule has 1 aromatic heterocycles. The maximum Gasteiger partial charge on any atom is 0.340 e. The number of hydrogen-bond acceptors (Lipinski definition) is 3. The van der Waals surface area contributed by atoms with Gasteiger partial charge in [0.2, 0.25) is 0 Å². The van der Waals surface area contributed by atoms with Crippen LogP contribution in [0.1, 0.15) is 40.6 Å². The second kappa shape index (κ2) is 9.18. The molecule has 34 heavy (non-hydrogen) atoms. The zero-order chi connectivity index (χ0) is 24.6. The summed E-state index contributed by atoms with van der Waals surface area (Å²) in [5.41, 5.74) is 8.65. The van der Waals surface area contributed by atoms with E-state index in [1.54, 1.807) is 11.8 Å². The summed E-state index contributed by atoms with van der Waals surface area (Å²) in [7, 11) is 1.34. The van der Waals surface area contributed by atoms with Crippen LogP contribution in [0.3, 0.4) is 0 Å². The molecule has 4 rings (SSSR count). The van der Waals surface area contributed by atoms with E-state index >= 15 is 0 Å². The van der Waals surface area contributed by atoms with E-state index in [1.807, 2.05) is 57.2 Å². The van der Waals surface area contributed by atoms with E-state index in [-0.39, 0.29) is 5.91 Å². The monoisotopic (exact) mass is 454 g/mol. The molecule has 1 aliphatic heterocycles. The van der Waals surface area contributed by atoms with Crippen molar-refractivity contribution in [1.82, 2.24) is 9.47 Å². The van der Waals surface area contributed by atoms with Gasteiger partial charge in [-0.05, 0) is 70.0 Å². The van der Waals surface area contributed by atoms with Crippen LogP contribution in [0.15, 0.2) is 71.4 Å². The summed E-state index contributed by atoms with van der Waals surface area (Å²) in [4.78, 5) is 27.9. The van der Waals surface area contributed by atoms with Crippen molar-refractivity contribution in [2.75, 3.05) is 7.11 Å². The lowest BCUT2D eigenvalue weighted by Crippen LogP contribution is -2.24. The normalized spacial score (nSPS) is 14.9. The lowest BCUT2D eigenvalue weighted by atomic mass is 10.0. The van der Waals surface area contributed by atoms with Crippen LogP contribution in [0, 0.1) is 27.7 Å².